The monoisotopic (exact) mass is 428 g/mol. The number of benzene rings is 2. The van der Waals surface area contributed by atoms with Crippen molar-refractivity contribution in [3.05, 3.63) is 54.6 Å². The van der Waals surface area contributed by atoms with Gasteiger partial charge in [0.25, 0.3) is 5.91 Å². The Morgan fingerprint density at radius 1 is 0.903 bits per heavy atom. The Hall–Kier alpha value is -3.55. The number of para-hydroxylation sites is 1. The molecule has 8 heteroatoms. The first kappa shape index (κ1) is 23.7. The van der Waals surface area contributed by atoms with Crippen LogP contribution in [0.5, 0.6) is 11.5 Å². The number of esters is 1. The van der Waals surface area contributed by atoms with Crippen molar-refractivity contribution in [2.45, 2.75) is 26.8 Å². The van der Waals surface area contributed by atoms with Crippen molar-refractivity contribution in [1.29, 1.82) is 0 Å². The highest BCUT2D eigenvalue weighted by molar-refractivity contribution is 5.97. The summed E-state index contributed by atoms with van der Waals surface area (Å²) in [5.41, 5.74) is 0.479. The molecular formula is C23H28N2O6. The highest BCUT2D eigenvalue weighted by Gasteiger charge is 2.24. The second kappa shape index (κ2) is 12.2. The molecule has 166 valence electrons. The van der Waals surface area contributed by atoms with Crippen molar-refractivity contribution in [3.8, 4) is 11.5 Å². The maximum Gasteiger partial charge on any atom is 0.344 e. The number of hydrogen-bond acceptors (Lipinski definition) is 6. The van der Waals surface area contributed by atoms with Crippen LogP contribution in [0.15, 0.2) is 54.6 Å². The first-order valence-electron chi connectivity index (χ1n) is 10.1. The lowest BCUT2D eigenvalue weighted by molar-refractivity contribution is -0.145. The molecule has 0 radical (unpaired) electrons. The molecule has 1 unspecified atom stereocenters. The minimum atomic E-state index is -0.754. The van der Waals surface area contributed by atoms with Gasteiger partial charge in [0.1, 0.15) is 17.5 Å². The fourth-order valence-electron chi connectivity index (χ4n) is 2.64. The summed E-state index contributed by atoms with van der Waals surface area (Å²) in [4.78, 5) is 36.4. The van der Waals surface area contributed by atoms with Gasteiger partial charge >= 0.3 is 5.97 Å². The largest absolute Gasteiger partial charge is 0.484 e. The molecule has 0 heterocycles. The third-order valence-corrected chi connectivity index (χ3v) is 4.14. The number of rotatable bonds is 11. The van der Waals surface area contributed by atoms with E-state index in [-0.39, 0.29) is 31.6 Å². The second-order valence-electron chi connectivity index (χ2n) is 7.00. The maximum absolute atomic E-state index is 12.7. The molecule has 31 heavy (non-hydrogen) atoms. The third kappa shape index (κ3) is 8.38. The fraction of sp³-hybridized carbons (Fsp3) is 0.348. The molecule has 2 amide bonds. The smallest absolute Gasteiger partial charge is 0.344 e. The van der Waals surface area contributed by atoms with Gasteiger partial charge < -0.3 is 24.8 Å². The highest BCUT2D eigenvalue weighted by atomic mass is 16.6. The van der Waals surface area contributed by atoms with Crippen LogP contribution in [0.2, 0.25) is 0 Å². The summed E-state index contributed by atoms with van der Waals surface area (Å²) < 4.78 is 15.6. The molecule has 0 bridgehead atoms. The number of ether oxygens (including phenoxy) is 3. The molecule has 8 nitrogen and oxygen atoms in total. The van der Waals surface area contributed by atoms with Crippen molar-refractivity contribution in [1.82, 2.24) is 5.32 Å². The van der Waals surface area contributed by atoms with Crippen molar-refractivity contribution < 1.29 is 28.6 Å². The van der Waals surface area contributed by atoms with Gasteiger partial charge in [0.05, 0.1) is 6.61 Å². The van der Waals surface area contributed by atoms with E-state index < -0.39 is 17.9 Å². The van der Waals surface area contributed by atoms with Crippen molar-refractivity contribution in [2.75, 3.05) is 25.1 Å². The van der Waals surface area contributed by atoms with E-state index in [1.807, 2.05) is 32.0 Å². The third-order valence-electron chi connectivity index (χ3n) is 4.14. The van der Waals surface area contributed by atoms with E-state index in [4.69, 9.17) is 14.2 Å². The molecule has 0 spiro atoms. The first-order chi connectivity index (χ1) is 14.9. The number of hydrogen-bond donors (Lipinski definition) is 2. The topological polar surface area (TPSA) is 103 Å². The van der Waals surface area contributed by atoms with Crippen LogP contribution in [-0.4, -0.2) is 43.6 Å². The van der Waals surface area contributed by atoms with E-state index in [0.717, 1.165) is 0 Å². The molecule has 0 saturated heterocycles. The normalized spacial score (nSPS) is 11.4. The molecule has 2 rings (SSSR count). The summed E-state index contributed by atoms with van der Waals surface area (Å²) in [5.74, 6) is -0.411. The molecular weight excluding hydrogens is 400 g/mol. The van der Waals surface area contributed by atoms with E-state index in [1.165, 1.54) is 0 Å². The minimum absolute atomic E-state index is 0.149. The molecule has 2 aromatic carbocycles. The van der Waals surface area contributed by atoms with Gasteiger partial charge in [-0.2, -0.15) is 0 Å². The zero-order valence-electron chi connectivity index (χ0n) is 17.9. The Morgan fingerprint density at radius 2 is 1.58 bits per heavy atom. The van der Waals surface area contributed by atoms with Gasteiger partial charge in [0.15, 0.2) is 13.2 Å². The molecule has 0 aliphatic carbocycles. The fourth-order valence-corrected chi connectivity index (χ4v) is 2.64. The van der Waals surface area contributed by atoms with E-state index in [9.17, 15) is 14.4 Å². The van der Waals surface area contributed by atoms with Gasteiger partial charge in [0.2, 0.25) is 5.91 Å². The van der Waals surface area contributed by atoms with E-state index >= 15 is 0 Å². The van der Waals surface area contributed by atoms with Crippen LogP contribution in [0.1, 0.15) is 20.8 Å². The number of nitrogens with one attached hydrogen (secondary N) is 2. The molecule has 2 N–H and O–H groups in total. The standard InChI is InChI=1S/C23H28N2O6/c1-4-29-21(27)15-31-19-12-8-9-17(13-19)24-23(28)22(16(2)3)25-20(26)14-30-18-10-6-5-7-11-18/h5-13,16,22H,4,14-15H2,1-3H3,(H,24,28)(H,25,26). The molecule has 0 aromatic heterocycles. The Labute approximate surface area is 181 Å². The zero-order valence-corrected chi connectivity index (χ0v) is 17.9. The molecule has 2 aromatic rings. The number of carbonyl (C=O) groups is 3. The Bertz CT molecular complexity index is 869. The van der Waals surface area contributed by atoms with Gasteiger partial charge in [-0.05, 0) is 37.1 Å². The lowest BCUT2D eigenvalue weighted by atomic mass is 10.0. The van der Waals surface area contributed by atoms with Crippen LogP contribution in [0.3, 0.4) is 0 Å². The summed E-state index contributed by atoms with van der Waals surface area (Å²) in [6, 6.07) is 14.8. The van der Waals surface area contributed by atoms with E-state index in [2.05, 4.69) is 10.6 Å². The molecule has 0 fully saturated rings. The Balaban J connectivity index is 1.92. The van der Waals surface area contributed by atoms with Crippen LogP contribution in [0.4, 0.5) is 5.69 Å². The van der Waals surface area contributed by atoms with Gasteiger partial charge in [-0.3, -0.25) is 9.59 Å². The van der Waals surface area contributed by atoms with Gasteiger partial charge in [-0.15, -0.1) is 0 Å². The predicted octanol–water partition coefficient (Wildman–Crippen LogP) is 2.79. The van der Waals surface area contributed by atoms with Crippen LogP contribution in [0.25, 0.3) is 0 Å². The SMILES string of the molecule is CCOC(=O)COc1cccc(NC(=O)C(NC(=O)COc2ccccc2)C(C)C)c1. The average Bonchev–Trinajstić information content (AvgIpc) is 2.75. The minimum Gasteiger partial charge on any atom is -0.484 e. The first-order valence-corrected chi connectivity index (χ1v) is 10.1. The zero-order chi connectivity index (χ0) is 22.6. The summed E-state index contributed by atoms with van der Waals surface area (Å²) in [6.07, 6.45) is 0. The number of amides is 2. The van der Waals surface area contributed by atoms with Crippen LogP contribution < -0.4 is 20.1 Å². The average molecular weight is 428 g/mol. The van der Waals surface area contributed by atoms with Crippen LogP contribution in [-0.2, 0) is 19.1 Å². The summed E-state index contributed by atoms with van der Waals surface area (Å²) in [6.45, 7) is 5.24. The lowest BCUT2D eigenvalue weighted by Gasteiger charge is -2.22. The van der Waals surface area contributed by atoms with Crippen molar-refractivity contribution in [2.24, 2.45) is 5.92 Å². The highest BCUT2D eigenvalue weighted by Crippen LogP contribution is 2.18. The Kier molecular flexibility index (Phi) is 9.35. The summed E-state index contributed by atoms with van der Waals surface area (Å²) >= 11 is 0. The quantitative estimate of drug-likeness (QED) is 0.534. The predicted molar refractivity (Wildman–Crippen MR) is 116 cm³/mol. The maximum atomic E-state index is 12.7. The van der Waals surface area contributed by atoms with Gasteiger partial charge in [0, 0.05) is 11.8 Å². The van der Waals surface area contributed by atoms with Gasteiger partial charge in [-0.1, -0.05) is 38.1 Å². The van der Waals surface area contributed by atoms with Gasteiger partial charge in [-0.25, -0.2) is 4.79 Å². The summed E-state index contributed by atoms with van der Waals surface area (Å²) in [7, 11) is 0. The molecule has 1 atom stereocenters. The van der Waals surface area contributed by atoms with Crippen molar-refractivity contribution >= 4 is 23.5 Å². The van der Waals surface area contributed by atoms with E-state index in [0.29, 0.717) is 17.2 Å². The lowest BCUT2D eigenvalue weighted by Crippen LogP contribution is -2.48. The Morgan fingerprint density at radius 3 is 2.26 bits per heavy atom. The summed E-state index contributed by atoms with van der Waals surface area (Å²) in [5, 5.41) is 5.47. The number of carbonyl (C=O) groups excluding carboxylic acids is 3. The second-order valence-corrected chi connectivity index (χ2v) is 7.00. The number of anilines is 1. The van der Waals surface area contributed by atoms with Crippen LogP contribution >= 0.6 is 0 Å². The molecule has 0 saturated carbocycles. The molecule has 0 aliphatic rings. The molecule has 0 aliphatic heterocycles. The van der Waals surface area contributed by atoms with Crippen LogP contribution in [0, 0.1) is 5.92 Å². The van der Waals surface area contributed by atoms with E-state index in [1.54, 1.807) is 43.3 Å². The van der Waals surface area contributed by atoms with Crippen molar-refractivity contribution in [3.63, 3.8) is 0 Å².